The minimum absolute atomic E-state index is 0.00548. The topological polar surface area (TPSA) is 38.3 Å². The van der Waals surface area contributed by atoms with Crippen LogP contribution in [-0.4, -0.2) is 19.6 Å². The number of carbonyl (C=O) groups is 1. The Morgan fingerprint density at radius 3 is 2.81 bits per heavy atom. The van der Waals surface area contributed by atoms with Crippen molar-refractivity contribution in [3.63, 3.8) is 0 Å². The molecule has 21 heavy (non-hydrogen) atoms. The van der Waals surface area contributed by atoms with Crippen molar-refractivity contribution in [2.75, 3.05) is 19.0 Å². The number of para-hydroxylation sites is 1. The van der Waals surface area contributed by atoms with Crippen molar-refractivity contribution in [3.8, 4) is 0 Å². The van der Waals surface area contributed by atoms with E-state index in [4.69, 9.17) is 4.74 Å². The number of amides is 1. The maximum Gasteiger partial charge on any atom is 0.258 e. The van der Waals surface area contributed by atoms with Crippen LogP contribution in [0.1, 0.15) is 15.9 Å². The lowest BCUT2D eigenvalue weighted by atomic mass is 10.1. The summed E-state index contributed by atoms with van der Waals surface area (Å²) in [5.74, 6) is -1.02. The fraction of sp³-hybridized carbons (Fsp3) is 0.188. The molecular formula is C16H15BrFNO2. The van der Waals surface area contributed by atoms with E-state index in [1.165, 1.54) is 12.1 Å². The molecule has 3 nitrogen and oxygen atoms in total. The van der Waals surface area contributed by atoms with Crippen molar-refractivity contribution in [2.24, 2.45) is 0 Å². The number of hydrogen-bond acceptors (Lipinski definition) is 2. The maximum atomic E-state index is 13.7. The van der Waals surface area contributed by atoms with Crippen LogP contribution >= 0.6 is 15.9 Å². The number of hydrogen-bond donors (Lipinski definition) is 1. The summed E-state index contributed by atoms with van der Waals surface area (Å²) in [5, 5.41) is 2.75. The maximum absolute atomic E-state index is 13.7. The Kier molecular flexibility index (Phi) is 5.47. The number of carbonyl (C=O) groups excluding carboxylic acids is 1. The highest BCUT2D eigenvalue weighted by Crippen LogP contribution is 2.20. The van der Waals surface area contributed by atoms with Crippen LogP contribution in [0.25, 0.3) is 0 Å². The summed E-state index contributed by atoms with van der Waals surface area (Å²) in [6, 6.07) is 11.7. The highest BCUT2D eigenvalue weighted by Gasteiger charge is 2.13. The normalized spacial score (nSPS) is 10.4. The van der Waals surface area contributed by atoms with Crippen LogP contribution in [0.15, 0.2) is 46.9 Å². The molecule has 2 rings (SSSR count). The molecule has 2 aromatic carbocycles. The third-order valence-electron chi connectivity index (χ3n) is 3.01. The molecule has 0 heterocycles. The van der Waals surface area contributed by atoms with Gasteiger partial charge >= 0.3 is 0 Å². The van der Waals surface area contributed by atoms with Gasteiger partial charge in [-0.2, -0.15) is 0 Å². The number of methoxy groups -OCH3 is 1. The van der Waals surface area contributed by atoms with Gasteiger partial charge in [-0.25, -0.2) is 4.39 Å². The number of anilines is 1. The minimum atomic E-state index is -0.551. The summed E-state index contributed by atoms with van der Waals surface area (Å²) in [4.78, 5) is 12.2. The first-order valence-corrected chi connectivity index (χ1v) is 7.24. The quantitative estimate of drug-likeness (QED) is 0.882. The molecule has 0 spiro atoms. The summed E-state index contributed by atoms with van der Waals surface area (Å²) in [6.07, 6.45) is 0.675. The summed E-state index contributed by atoms with van der Waals surface area (Å²) in [7, 11) is 1.62. The predicted molar refractivity (Wildman–Crippen MR) is 84.1 cm³/mol. The molecule has 0 saturated carbocycles. The lowest BCUT2D eigenvalue weighted by Gasteiger charge is -2.11. The van der Waals surface area contributed by atoms with Crippen LogP contribution in [0.5, 0.6) is 0 Å². The number of ether oxygens (including phenoxy) is 1. The second kappa shape index (κ2) is 7.33. The van der Waals surface area contributed by atoms with E-state index in [9.17, 15) is 9.18 Å². The van der Waals surface area contributed by atoms with E-state index in [2.05, 4.69) is 21.2 Å². The van der Waals surface area contributed by atoms with Gasteiger partial charge in [-0.15, -0.1) is 0 Å². The van der Waals surface area contributed by atoms with Gasteiger partial charge in [0.05, 0.1) is 12.2 Å². The van der Waals surface area contributed by atoms with Crippen molar-refractivity contribution in [1.82, 2.24) is 0 Å². The molecule has 0 saturated heterocycles. The number of rotatable bonds is 5. The summed E-state index contributed by atoms with van der Waals surface area (Å²) in [5.41, 5.74) is 1.62. The van der Waals surface area contributed by atoms with E-state index in [-0.39, 0.29) is 5.56 Å². The van der Waals surface area contributed by atoms with Gasteiger partial charge in [-0.05, 0) is 36.2 Å². The number of nitrogens with one attached hydrogen (secondary N) is 1. The van der Waals surface area contributed by atoms with E-state index in [0.29, 0.717) is 23.2 Å². The Morgan fingerprint density at radius 2 is 2.05 bits per heavy atom. The van der Waals surface area contributed by atoms with Crippen LogP contribution in [-0.2, 0) is 11.2 Å². The van der Waals surface area contributed by atoms with Crippen molar-refractivity contribution >= 4 is 27.5 Å². The van der Waals surface area contributed by atoms with Crippen molar-refractivity contribution in [2.45, 2.75) is 6.42 Å². The van der Waals surface area contributed by atoms with Crippen LogP contribution in [0.3, 0.4) is 0 Å². The van der Waals surface area contributed by atoms with Gasteiger partial charge in [0.25, 0.3) is 5.91 Å². The van der Waals surface area contributed by atoms with Crippen LogP contribution in [0.4, 0.5) is 10.1 Å². The third kappa shape index (κ3) is 4.12. The first kappa shape index (κ1) is 15.7. The van der Waals surface area contributed by atoms with Gasteiger partial charge in [0, 0.05) is 17.3 Å². The van der Waals surface area contributed by atoms with E-state index >= 15 is 0 Å². The molecule has 1 amide bonds. The van der Waals surface area contributed by atoms with Gasteiger partial charge in [0.1, 0.15) is 5.82 Å². The highest BCUT2D eigenvalue weighted by atomic mass is 79.9. The zero-order valence-electron chi connectivity index (χ0n) is 11.5. The summed E-state index contributed by atoms with van der Waals surface area (Å²) in [6.45, 7) is 0.554. The molecule has 0 aliphatic rings. The molecule has 0 unspecified atom stereocenters. The smallest absolute Gasteiger partial charge is 0.258 e. The fourth-order valence-corrected chi connectivity index (χ4v) is 2.29. The van der Waals surface area contributed by atoms with Crippen molar-refractivity contribution in [3.05, 3.63) is 63.9 Å². The Morgan fingerprint density at radius 1 is 1.29 bits per heavy atom. The predicted octanol–water partition coefficient (Wildman–Crippen LogP) is 4.03. The zero-order valence-corrected chi connectivity index (χ0v) is 13.1. The minimum Gasteiger partial charge on any atom is -0.384 e. The molecule has 0 fully saturated rings. The number of halogens is 2. The van der Waals surface area contributed by atoms with Gasteiger partial charge in [-0.1, -0.05) is 34.1 Å². The largest absolute Gasteiger partial charge is 0.384 e. The van der Waals surface area contributed by atoms with Crippen molar-refractivity contribution in [1.29, 1.82) is 0 Å². The molecule has 110 valence electrons. The SMILES string of the molecule is COCCc1ccccc1NC(=O)c1cc(Br)ccc1F. The van der Waals surface area contributed by atoms with Gasteiger partial charge in [0.15, 0.2) is 0 Å². The Bertz CT molecular complexity index is 646. The van der Waals surface area contributed by atoms with Crippen LogP contribution in [0.2, 0.25) is 0 Å². The summed E-state index contributed by atoms with van der Waals surface area (Å²) < 4.78 is 19.4. The first-order valence-electron chi connectivity index (χ1n) is 6.45. The Balaban J connectivity index is 2.21. The van der Waals surface area contributed by atoms with Crippen molar-refractivity contribution < 1.29 is 13.9 Å². The third-order valence-corrected chi connectivity index (χ3v) is 3.51. The van der Waals surface area contributed by atoms with E-state index in [1.807, 2.05) is 18.2 Å². The Hall–Kier alpha value is -1.72. The van der Waals surface area contributed by atoms with Crippen LogP contribution in [0, 0.1) is 5.82 Å². The molecule has 2 aromatic rings. The average molecular weight is 352 g/mol. The first-order chi connectivity index (χ1) is 10.1. The molecule has 0 radical (unpaired) electrons. The lowest BCUT2D eigenvalue weighted by Crippen LogP contribution is -2.15. The molecule has 0 atom stereocenters. The second-order valence-corrected chi connectivity index (χ2v) is 5.39. The van der Waals surface area contributed by atoms with E-state index in [1.54, 1.807) is 19.2 Å². The van der Waals surface area contributed by atoms with Gasteiger partial charge < -0.3 is 10.1 Å². The molecule has 0 aliphatic heterocycles. The number of benzene rings is 2. The average Bonchev–Trinajstić information content (AvgIpc) is 2.48. The fourth-order valence-electron chi connectivity index (χ4n) is 1.93. The van der Waals surface area contributed by atoms with Crippen LogP contribution < -0.4 is 5.32 Å². The van der Waals surface area contributed by atoms with Gasteiger partial charge in [0.2, 0.25) is 0 Å². The molecule has 1 N–H and O–H groups in total. The molecule has 0 aliphatic carbocycles. The lowest BCUT2D eigenvalue weighted by molar-refractivity contribution is 0.102. The zero-order chi connectivity index (χ0) is 15.2. The van der Waals surface area contributed by atoms with E-state index in [0.717, 1.165) is 5.56 Å². The molecule has 5 heteroatoms. The molecular weight excluding hydrogens is 337 g/mol. The second-order valence-electron chi connectivity index (χ2n) is 4.48. The highest BCUT2D eigenvalue weighted by molar-refractivity contribution is 9.10. The summed E-state index contributed by atoms with van der Waals surface area (Å²) >= 11 is 3.24. The standard InChI is InChI=1S/C16H15BrFNO2/c1-21-9-8-11-4-2-3-5-15(11)19-16(20)13-10-12(17)6-7-14(13)18/h2-7,10H,8-9H2,1H3,(H,19,20). The Labute approximate surface area is 131 Å². The molecule has 0 aromatic heterocycles. The van der Waals surface area contributed by atoms with Gasteiger partial charge in [-0.3, -0.25) is 4.79 Å². The molecule has 0 bridgehead atoms. The van der Waals surface area contributed by atoms with E-state index < -0.39 is 11.7 Å². The monoisotopic (exact) mass is 351 g/mol.